The van der Waals surface area contributed by atoms with Crippen molar-refractivity contribution in [3.63, 3.8) is 0 Å². The predicted octanol–water partition coefficient (Wildman–Crippen LogP) is 15.9. The van der Waals surface area contributed by atoms with Gasteiger partial charge in [-0.1, -0.05) is 172 Å². The maximum atomic E-state index is 2.73. The molecule has 0 saturated heterocycles. The van der Waals surface area contributed by atoms with Crippen molar-refractivity contribution in [1.82, 2.24) is 0 Å². The smallest absolute Gasteiger partial charge is 0.0719 e. The molecule has 310 valence electrons. The maximum absolute atomic E-state index is 2.73. The lowest BCUT2D eigenvalue weighted by Gasteiger charge is -2.67. The first kappa shape index (κ1) is 37.0. The second-order valence-electron chi connectivity index (χ2n) is 21.3. The van der Waals surface area contributed by atoms with Crippen LogP contribution in [0.25, 0.3) is 33.4 Å². The van der Waals surface area contributed by atoms with Gasteiger partial charge in [0.2, 0.25) is 0 Å². The lowest BCUT2D eigenvalue weighted by Crippen LogP contribution is -2.61. The van der Waals surface area contributed by atoms with E-state index in [1.165, 1.54) is 116 Å². The molecule has 3 unspecified atom stereocenters. The lowest BCUT2D eigenvalue weighted by molar-refractivity contribution is -0.0919. The molecular formula is C63H53N. The number of nitrogens with zero attached hydrogens (tertiary/aromatic N) is 1. The van der Waals surface area contributed by atoms with Crippen LogP contribution in [0.2, 0.25) is 0 Å². The summed E-state index contributed by atoms with van der Waals surface area (Å²) in [6, 6.07) is 72.9. The van der Waals surface area contributed by atoms with Gasteiger partial charge in [0, 0.05) is 27.9 Å². The molecule has 0 aromatic heterocycles. The number of hydrogen-bond donors (Lipinski definition) is 0. The van der Waals surface area contributed by atoms with Crippen molar-refractivity contribution in [2.45, 2.75) is 69.1 Å². The standard InChI is InChI=1S/C63H53N/c1-60(2)52-23-10-7-20-48(52)51-30-28-46(35-58(51)60)64(45-19-15-18-42(34-45)41-16-5-4-6-17-41)47-29-31-57-59(36-47)62(43-32-40-33-44(62)39-61(3,37-40)38-43)55-26-13-14-27-56(55)63(57)53-24-11-8-21-49(53)50-22-9-12-25-54(50)63/h4-31,34-36,40,43-44H,32-33,37-39H2,1-3H3/t40?,43-,44+,61?,62?. The fraction of sp³-hybridized carbons (Fsp3) is 0.238. The second-order valence-corrected chi connectivity index (χ2v) is 21.3. The van der Waals surface area contributed by atoms with Gasteiger partial charge >= 0.3 is 0 Å². The first-order valence-electron chi connectivity index (χ1n) is 23.9. The van der Waals surface area contributed by atoms with Crippen molar-refractivity contribution in [2.24, 2.45) is 23.2 Å². The largest absolute Gasteiger partial charge is 0.310 e. The highest BCUT2D eigenvalue weighted by atomic mass is 15.1. The van der Waals surface area contributed by atoms with Gasteiger partial charge in [0.25, 0.3) is 0 Å². The minimum atomic E-state index is -0.414. The third-order valence-corrected chi connectivity index (χ3v) is 17.7. The average Bonchev–Trinajstić information content (AvgIpc) is 3.74. The zero-order valence-corrected chi connectivity index (χ0v) is 37.1. The van der Waals surface area contributed by atoms with Crippen molar-refractivity contribution in [2.75, 3.05) is 4.90 Å². The van der Waals surface area contributed by atoms with E-state index < -0.39 is 5.41 Å². The number of fused-ring (bicyclic) bond motifs is 12. The maximum Gasteiger partial charge on any atom is 0.0719 e. The molecule has 0 heterocycles. The summed E-state index contributed by atoms with van der Waals surface area (Å²) in [6.45, 7) is 7.45. The molecule has 0 radical (unpaired) electrons. The van der Waals surface area contributed by atoms with Crippen LogP contribution in [-0.4, -0.2) is 0 Å². The van der Waals surface area contributed by atoms with E-state index in [1.54, 1.807) is 11.1 Å². The predicted molar refractivity (Wildman–Crippen MR) is 264 cm³/mol. The van der Waals surface area contributed by atoms with E-state index in [2.05, 4.69) is 214 Å². The summed E-state index contributed by atoms with van der Waals surface area (Å²) in [5.41, 5.74) is 23.2. The van der Waals surface area contributed by atoms with Crippen LogP contribution < -0.4 is 4.90 Å². The molecule has 7 aliphatic rings. The molecule has 64 heavy (non-hydrogen) atoms. The first-order chi connectivity index (χ1) is 31.3. The molecule has 7 aliphatic carbocycles. The molecule has 2 spiro atoms. The van der Waals surface area contributed by atoms with E-state index in [9.17, 15) is 0 Å². The average molecular weight is 824 g/mol. The second kappa shape index (κ2) is 12.9. The van der Waals surface area contributed by atoms with Crippen LogP contribution in [0.15, 0.2) is 188 Å². The summed E-state index contributed by atoms with van der Waals surface area (Å²) in [7, 11) is 0. The minimum Gasteiger partial charge on any atom is -0.310 e. The highest BCUT2D eigenvalue weighted by molar-refractivity contribution is 5.91. The SMILES string of the molecule is CC12CC3C[C@H](C1)C1(c4ccccc4C4(c5ccccc5-c5ccccc54)c4ccc(N(c5cccc(-c6ccccc6)c5)c5ccc6c(c5)C(C)(C)c5ccccc5-6)cc41)[C@@H](C3)C2. The molecule has 0 aliphatic heterocycles. The highest BCUT2D eigenvalue weighted by Crippen LogP contribution is 2.74. The van der Waals surface area contributed by atoms with Crippen molar-refractivity contribution >= 4 is 17.1 Å². The van der Waals surface area contributed by atoms with Gasteiger partial charge in [0.15, 0.2) is 0 Å². The van der Waals surface area contributed by atoms with Crippen molar-refractivity contribution < 1.29 is 0 Å². The van der Waals surface area contributed by atoms with Gasteiger partial charge in [-0.3, -0.25) is 0 Å². The summed E-state index contributed by atoms with van der Waals surface area (Å²) in [4.78, 5) is 2.60. The van der Waals surface area contributed by atoms with E-state index in [0.29, 0.717) is 17.3 Å². The summed E-state index contributed by atoms with van der Waals surface area (Å²) in [5, 5.41) is 0. The van der Waals surface area contributed by atoms with Gasteiger partial charge in [-0.2, -0.15) is 0 Å². The van der Waals surface area contributed by atoms with E-state index in [0.717, 1.165) is 5.92 Å². The van der Waals surface area contributed by atoms with Crippen LogP contribution in [0.5, 0.6) is 0 Å². The van der Waals surface area contributed by atoms with Gasteiger partial charge in [0.1, 0.15) is 0 Å². The molecule has 4 bridgehead atoms. The highest BCUT2D eigenvalue weighted by Gasteiger charge is 2.66. The van der Waals surface area contributed by atoms with Gasteiger partial charge in [0.05, 0.1) is 5.41 Å². The Morgan fingerprint density at radius 3 is 1.55 bits per heavy atom. The van der Waals surface area contributed by atoms with E-state index in [1.807, 2.05) is 0 Å². The number of anilines is 3. The number of hydrogen-bond acceptors (Lipinski definition) is 1. The third kappa shape index (κ3) is 4.65. The molecule has 4 fully saturated rings. The quantitative estimate of drug-likeness (QED) is 0.171. The summed E-state index contributed by atoms with van der Waals surface area (Å²) in [6.07, 6.45) is 6.67. The normalized spacial score (nSPS) is 25.0. The Bertz CT molecular complexity index is 3180. The molecule has 1 nitrogen and oxygen atoms in total. The van der Waals surface area contributed by atoms with E-state index in [4.69, 9.17) is 0 Å². The summed E-state index contributed by atoms with van der Waals surface area (Å²) >= 11 is 0. The monoisotopic (exact) mass is 823 g/mol. The molecule has 1 heteroatoms. The Balaban J connectivity index is 1.07. The molecule has 15 rings (SSSR count). The Hall–Kier alpha value is -6.44. The lowest BCUT2D eigenvalue weighted by atomic mass is 9.36. The summed E-state index contributed by atoms with van der Waals surface area (Å²) in [5.74, 6) is 2.02. The van der Waals surface area contributed by atoms with Crippen molar-refractivity contribution in [3.8, 4) is 33.4 Å². The molecule has 0 N–H and O–H groups in total. The van der Waals surface area contributed by atoms with Crippen LogP contribution in [0.3, 0.4) is 0 Å². The van der Waals surface area contributed by atoms with Gasteiger partial charge < -0.3 is 4.90 Å². The molecule has 0 amide bonds. The van der Waals surface area contributed by atoms with Gasteiger partial charge in [-0.15, -0.1) is 0 Å². The number of rotatable bonds is 4. The summed E-state index contributed by atoms with van der Waals surface area (Å²) < 4.78 is 0. The Morgan fingerprint density at radius 1 is 0.375 bits per heavy atom. The Kier molecular flexibility index (Phi) is 7.43. The van der Waals surface area contributed by atoms with E-state index >= 15 is 0 Å². The van der Waals surface area contributed by atoms with Crippen LogP contribution in [0.4, 0.5) is 17.1 Å². The van der Waals surface area contributed by atoms with Crippen LogP contribution >= 0.6 is 0 Å². The molecule has 8 aromatic carbocycles. The fourth-order valence-corrected chi connectivity index (χ4v) is 15.6. The first-order valence-corrected chi connectivity index (χ1v) is 23.9. The number of benzene rings is 8. The van der Waals surface area contributed by atoms with Crippen molar-refractivity contribution in [3.05, 3.63) is 233 Å². The molecule has 8 aromatic rings. The van der Waals surface area contributed by atoms with Crippen molar-refractivity contribution in [1.29, 1.82) is 0 Å². The Morgan fingerprint density at radius 2 is 0.875 bits per heavy atom. The fourth-order valence-electron chi connectivity index (χ4n) is 15.6. The van der Waals surface area contributed by atoms with Gasteiger partial charge in [-0.05, 0) is 170 Å². The third-order valence-electron chi connectivity index (χ3n) is 17.7. The van der Waals surface area contributed by atoms with Crippen LogP contribution in [-0.2, 0) is 16.2 Å². The molecule has 5 atom stereocenters. The van der Waals surface area contributed by atoms with E-state index in [-0.39, 0.29) is 10.8 Å². The topological polar surface area (TPSA) is 3.24 Å². The Labute approximate surface area is 378 Å². The van der Waals surface area contributed by atoms with Crippen LogP contribution in [0, 0.1) is 23.2 Å². The van der Waals surface area contributed by atoms with Gasteiger partial charge in [-0.25, -0.2) is 0 Å². The molecule has 4 saturated carbocycles. The zero-order valence-electron chi connectivity index (χ0n) is 37.1. The molecular weight excluding hydrogens is 771 g/mol. The minimum absolute atomic E-state index is 0.0742. The van der Waals surface area contributed by atoms with Crippen LogP contribution in [0.1, 0.15) is 97.4 Å². The zero-order chi connectivity index (χ0) is 42.6.